The Morgan fingerprint density at radius 1 is 1.10 bits per heavy atom. The summed E-state index contributed by atoms with van der Waals surface area (Å²) < 4.78 is 19.1. The average molecular weight is 283 g/mol. The zero-order chi connectivity index (χ0) is 14.8. The summed E-state index contributed by atoms with van der Waals surface area (Å²) in [6.07, 6.45) is 0.635. The first kappa shape index (κ1) is 13.5. The lowest BCUT2D eigenvalue weighted by Crippen LogP contribution is -2.04. The lowest BCUT2D eigenvalue weighted by atomic mass is 9.97. The predicted molar refractivity (Wildman–Crippen MR) is 78.8 cm³/mol. The molecule has 4 heteroatoms. The third-order valence-electron chi connectivity index (χ3n) is 3.48. The van der Waals surface area contributed by atoms with E-state index in [1.54, 1.807) is 30.5 Å². The SMILES string of the molecule is COc1ccc(C(O)c2cccc3ncccc23)c(F)c1. The molecule has 0 fully saturated rings. The number of rotatable bonds is 3. The van der Waals surface area contributed by atoms with Gasteiger partial charge in [0.1, 0.15) is 17.7 Å². The number of aliphatic hydroxyl groups excluding tert-OH is 1. The van der Waals surface area contributed by atoms with Crippen LogP contribution in [0.1, 0.15) is 17.2 Å². The van der Waals surface area contributed by atoms with Gasteiger partial charge in [-0.25, -0.2) is 4.39 Å². The molecule has 0 amide bonds. The molecule has 0 aliphatic rings. The summed E-state index contributed by atoms with van der Waals surface area (Å²) in [6.45, 7) is 0. The summed E-state index contributed by atoms with van der Waals surface area (Å²) in [6, 6.07) is 13.5. The highest BCUT2D eigenvalue weighted by atomic mass is 19.1. The second-order valence-electron chi connectivity index (χ2n) is 4.71. The third kappa shape index (κ3) is 2.45. The van der Waals surface area contributed by atoms with Crippen molar-refractivity contribution in [3.8, 4) is 5.75 Å². The van der Waals surface area contributed by atoms with Gasteiger partial charge in [0.15, 0.2) is 0 Å². The molecule has 1 atom stereocenters. The summed E-state index contributed by atoms with van der Waals surface area (Å²) in [5.74, 6) is -0.0780. The van der Waals surface area contributed by atoms with E-state index in [9.17, 15) is 9.50 Å². The molecule has 0 bridgehead atoms. The summed E-state index contributed by atoms with van der Waals surface area (Å²) in [5, 5.41) is 11.3. The number of aromatic nitrogens is 1. The van der Waals surface area contributed by atoms with Gasteiger partial charge >= 0.3 is 0 Å². The van der Waals surface area contributed by atoms with Crippen LogP contribution in [0.4, 0.5) is 4.39 Å². The summed E-state index contributed by atoms with van der Waals surface area (Å²) in [4.78, 5) is 4.24. The number of aliphatic hydroxyl groups is 1. The van der Waals surface area contributed by atoms with Crippen LogP contribution in [0.25, 0.3) is 10.9 Å². The van der Waals surface area contributed by atoms with Crippen LogP contribution < -0.4 is 4.74 Å². The Hall–Kier alpha value is -2.46. The van der Waals surface area contributed by atoms with Crippen LogP contribution in [0.2, 0.25) is 0 Å². The molecule has 0 saturated carbocycles. The minimum absolute atomic E-state index is 0.215. The van der Waals surface area contributed by atoms with E-state index in [2.05, 4.69) is 4.98 Å². The molecule has 21 heavy (non-hydrogen) atoms. The van der Waals surface area contributed by atoms with Crippen LogP contribution in [0.5, 0.6) is 5.75 Å². The molecule has 3 aromatic rings. The number of halogens is 1. The molecule has 0 aliphatic carbocycles. The van der Waals surface area contributed by atoms with Gasteiger partial charge < -0.3 is 9.84 Å². The zero-order valence-electron chi connectivity index (χ0n) is 11.5. The number of pyridine rings is 1. The topological polar surface area (TPSA) is 42.4 Å². The highest BCUT2D eigenvalue weighted by Gasteiger charge is 2.18. The van der Waals surface area contributed by atoms with Crippen molar-refractivity contribution in [2.75, 3.05) is 7.11 Å². The maximum Gasteiger partial charge on any atom is 0.133 e. The number of hydrogen-bond donors (Lipinski definition) is 1. The number of ether oxygens (including phenoxy) is 1. The number of fused-ring (bicyclic) bond motifs is 1. The molecule has 2 aromatic carbocycles. The van der Waals surface area contributed by atoms with Crippen LogP contribution in [0.15, 0.2) is 54.7 Å². The van der Waals surface area contributed by atoms with Gasteiger partial charge in [0.25, 0.3) is 0 Å². The van der Waals surface area contributed by atoms with Crippen LogP contribution in [-0.4, -0.2) is 17.2 Å². The molecule has 0 radical (unpaired) electrons. The van der Waals surface area contributed by atoms with Crippen molar-refractivity contribution >= 4 is 10.9 Å². The fourth-order valence-electron chi connectivity index (χ4n) is 2.39. The van der Waals surface area contributed by atoms with E-state index >= 15 is 0 Å². The normalized spacial score (nSPS) is 12.3. The van der Waals surface area contributed by atoms with E-state index in [0.717, 1.165) is 10.9 Å². The highest BCUT2D eigenvalue weighted by Crippen LogP contribution is 2.30. The maximum absolute atomic E-state index is 14.1. The van der Waals surface area contributed by atoms with E-state index in [1.807, 2.05) is 12.1 Å². The Labute approximate surface area is 121 Å². The minimum atomic E-state index is -1.05. The number of nitrogens with zero attached hydrogens (tertiary/aromatic N) is 1. The smallest absolute Gasteiger partial charge is 0.133 e. The van der Waals surface area contributed by atoms with Gasteiger partial charge in [-0.05, 0) is 29.8 Å². The minimum Gasteiger partial charge on any atom is -0.497 e. The van der Waals surface area contributed by atoms with Gasteiger partial charge in [-0.1, -0.05) is 18.2 Å². The first-order chi connectivity index (χ1) is 10.2. The molecular weight excluding hydrogens is 269 g/mol. The second-order valence-corrected chi connectivity index (χ2v) is 4.71. The molecule has 3 nitrogen and oxygen atoms in total. The van der Waals surface area contributed by atoms with Gasteiger partial charge in [0, 0.05) is 23.2 Å². The Balaban J connectivity index is 2.10. The van der Waals surface area contributed by atoms with Crippen molar-refractivity contribution in [2.24, 2.45) is 0 Å². The van der Waals surface area contributed by atoms with Gasteiger partial charge in [-0.2, -0.15) is 0 Å². The van der Waals surface area contributed by atoms with E-state index in [4.69, 9.17) is 4.74 Å². The van der Waals surface area contributed by atoms with Crippen LogP contribution in [0, 0.1) is 5.82 Å². The first-order valence-corrected chi connectivity index (χ1v) is 6.56. The number of methoxy groups -OCH3 is 1. The van der Waals surface area contributed by atoms with Crippen molar-refractivity contribution in [1.29, 1.82) is 0 Å². The molecule has 0 spiro atoms. The van der Waals surface area contributed by atoms with Crippen molar-refractivity contribution < 1.29 is 14.2 Å². The molecule has 1 aromatic heterocycles. The van der Waals surface area contributed by atoms with Crippen molar-refractivity contribution in [2.45, 2.75) is 6.10 Å². The van der Waals surface area contributed by atoms with Gasteiger partial charge in [0.2, 0.25) is 0 Å². The van der Waals surface area contributed by atoms with Crippen molar-refractivity contribution in [3.05, 3.63) is 71.7 Å². The molecule has 3 rings (SSSR count). The monoisotopic (exact) mass is 283 g/mol. The lowest BCUT2D eigenvalue weighted by Gasteiger charge is -2.15. The Bertz CT molecular complexity index is 783. The molecule has 106 valence electrons. The average Bonchev–Trinajstić information content (AvgIpc) is 2.53. The third-order valence-corrected chi connectivity index (χ3v) is 3.48. The van der Waals surface area contributed by atoms with E-state index in [0.29, 0.717) is 11.3 Å². The van der Waals surface area contributed by atoms with Crippen LogP contribution in [-0.2, 0) is 0 Å². The molecular formula is C17H14FNO2. The Morgan fingerprint density at radius 2 is 1.95 bits per heavy atom. The summed E-state index contributed by atoms with van der Waals surface area (Å²) >= 11 is 0. The second kappa shape index (κ2) is 5.50. The van der Waals surface area contributed by atoms with Gasteiger partial charge in [-0.15, -0.1) is 0 Å². The maximum atomic E-state index is 14.1. The molecule has 1 unspecified atom stereocenters. The fourth-order valence-corrected chi connectivity index (χ4v) is 2.39. The number of benzene rings is 2. The molecule has 1 N–H and O–H groups in total. The lowest BCUT2D eigenvalue weighted by molar-refractivity contribution is 0.216. The standard InChI is InChI=1S/C17H14FNO2/c1-21-11-7-8-14(15(18)10-11)17(20)13-4-2-6-16-12(13)5-3-9-19-16/h2-10,17,20H,1H3. The highest BCUT2D eigenvalue weighted by molar-refractivity contribution is 5.82. The van der Waals surface area contributed by atoms with E-state index in [1.165, 1.54) is 19.2 Å². The fraction of sp³-hybridized carbons (Fsp3) is 0.118. The largest absolute Gasteiger partial charge is 0.497 e. The molecule has 0 aliphatic heterocycles. The van der Waals surface area contributed by atoms with E-state index in [-0.39, 0.29) is 5.56 Å². The van der Waals surface area contributed by atoms with E-state index < -0.39 is 11.9 Å². The molecule has 0 saturated heterocycles. The Morgan fingerprint density at radius 3 is 2.71 bits per heavy atom. The van der Waals surface area contributed by atoms with Crippen molar-refractivity contribution in [3.63, 3.8) is 0 Å². The summed E-state index contributed by atoms with van der Waals surface area (Å²) in [5.41, 5.74) is 1.61. The zero-order valence-corrected chi connectivity index (χ0v) is 11.5. The molecule has 1 heterocycles. The summed E-state index contributed by atoms with van der Waals surface area (Å²) in [7, 11) is 1.47. The van der Waals surface area contributed by atoms with Crippen LogP contribution >= 0.6 is 0 Å². The van der Waals surface area contributed by atoms with Gasteiger partial charge in [0.05, 0.1) is 12.6 Å². The van der Waals surface area contributed by atoms with Crippen molar-refractivity contribution in [1.82, 2.24) is 4.98 Å². The number of hydrogen-bond acceptors (Lipinski definition) is 3. The van der Waals surface area contributed by atoms with Gasteiger partial charge in [-0.3, -0.25) is 4.98 Å². The predicted octanol–water partition coefficient (Wildman–Crippen LogP) is 3.46. The quantitative estimate of drug-likeness (QED) is 0.800. The first-order valence-electron chi connectivity index (χ1n) is 6.56. The van der Waals surface area contributed by atoms with Crippen LogP contribution in [0.3, 0.4) is 0 Å². The Kier molecular flexibility index (Phi) is 3.54.